The molecular weight excluding hydrogens is 372 g/mol. The Bertz CT molecular complexity index is 1320. The topological polar surface area (TPSA) is 57.5 Å². The molecule has 4 aromatic rings. The van der Waals surface area contributed by atoms with Crippen molar-refractivity contribution in [2.45, 2.75) is 13.5 Å². The van der Waals surface area contributed by atoms with Crippen LogP contribution >= 0.6 is 0 Å². The number of para-hydroxylation sites is 1. The number of hydrogen-bond acceptors (Lipinski definition) is 3. The average Bonchev–Trinajstić information content (AvgIpc) is 2.77. The molecule has 1 unspecified atom stereocenters. The van der Waals surface area contributed by atoms with Gasteiger partial charge in [-0.15, -0.1) is 0 Å². The van der Waals surface area contributed by atoms with Gasteiger partial charge in [0.25, 0.3) is 0 Å². The van der Waals surface area contributed by atoms with Crippen molar-refractivity contribution < 1.29 is 14.8 Å². The molecule has 148 valence electrons. The molecule has 3 aromatic carbocycles. The molecular formula is C26H22N2O2. The molecule has 1 atom stereocenters. The lowest BCUT2D eigenvalue weighted by molar-refractivity contribution is -0.905. The first-order valence-electron chi connectivity index (χ1n) is 10.3. The van der Waals surface area contributed by atoms with Crippen LogP contribution in [-0.4, -0.2) is 24.0 Å². The van der Waals surface area contributed by atoms with E-state index in [0.29, 0.717) is 17.4 Å². The number of carboxylic acid groups (broad SMARTS) is 1. The highest BCUT2D eigenvalue weighted by Gasteiger charge is 2.28. The largest absolute Gasteiger partial charge is 0.545 e. The van der Waals surface area contributed by atoms with E-state index in [4.69, 9.17) is 4.98 Å². The summed E-state index contributed by atoms with van der Waals surface area (Å²) in [5.41, 5.74) is 4.74. The zero-order valence-corrected chi connectivity index (χ0v) is 16.8. The molecule has 0 amide bonds. The Morgan fingerprint density at radius 3 is 2.53 bits per heavy atom. The summed E-state index contributed by atoms with van der Waals surface area (Å²) in [5, 5.41) is 15.2. The van der Waals surface area contributed by atoms with Gasteiger partial charge < -0.3 is 14.8 Å². The number of carboxylic acids is 1. The predicted molar refractivity (Wildman–Crippen MR) is 118 cm³/mol. The monoisotopic (exact) mass is 394 g/mol. The van der Waals surface area contributed by atoms with Gasteiger partial charge >= 0.3 is 0 Å². The molecule has 0 aliphatic carbocycles. The molecule has 0 saturated carbocycles. The zero-order chi connectivity index (χ0) is 20.7. The summed E-state index contributed by atoms with van der Waals surface area (Å²) in [5.74, 6) is -1.13. The maximum Gasteiger partial charge on any atom is 0.106 e. The first kappa shape index (κ1) is 18.5. The normalized spacial score (nSPS) is 17.4. The van der Waals surface area contributed by atoms with Crippen molar-refractivity contribution in [2.75, 3.05) is 13.1 Å². The van der Waals surface area contributed by atoms with Gasteiger partial charge in [0.15, 0.2) is 0 Å². The molecule has 0 bridgehead atoms. The average molecular weight is 394 g/mol. The minimum Gasteiger partial charge on any atom is -0.545 e. The number of rotatable bonds is 3. The van der Waals surface area contributed by atoms with Crippen LogP contribution in [-0.2, 0) is 6.54 Å². The zero-order valence-electron chi connectivity index (χ0n) is 16.8. The standard InChI is InChI=1S/C26H22N2O2/c1-2-28-15-19(14-18-10-7-9-17-8-3-4-11-20(17)18)25-22(16-28)24(26(29)30)21-12-5-6-13-23(21)27-25/h3-14H,2,15-16H2,1H3,(H,29,30)/b19-14+. The van der Waals surface area contributed by atoms with Crippen molar-refractivity contribution in [3.63, 3.8) is 0 Å². The molecule has 0 spiro atoms. The highest BCUT2D eigenvalue weighted by atomic mass is 16.4. The van der Waals surface area contributed by atoms with Crippen LogP contribution in [0.15, 0.2) is 66.7 Å². The summed E-state index contributed by atoms with van der Waals surface area (Å²) in [6.07, 6.45) is 2.18. The van der Waals surface area contributed by atoms with E-state index in [2.05, 4.69) is 43.3 Å². The summed E-state index contributed by atoms with van der Waals surface area (Å²) in [7, 11) is 0. The fraction of sp³-hybridized carbons (Fsp3) is 0.154. The Kier molecular flexibility index (Phi) is 4.57. The SMILES string of the molecule is CC[NH+]1C/C(=C\c2cccc3ccccc23)c2nc3ccccc3c(C(=O)[O-])c2C1. The molecule has 30 heavy (non-hydrogen) atoms. The van der Waals surface area contributed by atoms with E-state index in [-0.39, 0.29) is 5.56 Å². The Hall–Kier alpha value is -3.50. The molecule has 4 nitrogen and oxygen atoms in total. The minimum absolute atomic E-state index is 0.282. The Morgan fingerprint density at radius 2 is 1.73 bits per heavy atom. The van der Waals surface area contributed by atoms with E-state index >= 15 is 0 Å². The van der Waals surface area contributed by atoms with Crippen LogP contribution in [0.1, 0.15) is 34.1 Å². The number of nitrogens with one attached hydrogen (secondary N) is 1. The van der Waals surface area contributed by atoms with Crippen molar-refractivity contribution in [1.29, 1.82) is 0 Å². The van der Waals surface area contributed by atoms with Crippen LogP contribution in [0.25, 0.3) is 33.3 Å². The van der Waals surface area contributed by atoms with Gasteiger partial charge in [-0.05, 0) is 35.4 Å². The highest BCUT2D eigenvalue weighted by Crippen LogP contribution is 2.31. The highest BCUT2D eigenvalue weighted by molar-refractivity contribution is 6.05. The number of likely N-dealkylation sites (N-methyl/N-ethyl adjacent to an activating group) is 1. The summed E-state index contributed by atoms with van der Waals surface area (Å²) < 4.78 is 0. The molecule has 4 heteroatoms. The summed E-state index contributed by atoms with van der Waals surface area (Å²) in [4.78, 5) is 18.4. The van der Waals surface area contributed by atoms with E-state index in [0.717, 1.165) is 35.5 Å². The Morgan fingerprint density at radius 1 is 1.00 bits per heavy atom. The van der Waals surface area contributed by atoms with E-state index in [1.54, 1.807) is 0 Å². The fourth-order valence-electron chi connectivity index (χ4n) is 4.52. The van der Waals surface area contributed by atoms with Gasteiger partial charge in [0, 0.05) is 22.1 Å². The number of fused-ring (bicyclic) bond motifs is 3. The van der Waals surface area contributed by atoms with Gasteiger partial charge in [-0.1, -0.05) is 60.7 Å². The molecule has 1 aliphatic rings. The first-order chi connectivity index (χ1) is 14.7. The molecule has 5 rings (SSSR count). The number of benzene rings is 3. The number of carbonyl (C=O) groups excluding carboxylic acids is 1. The van der Waals surface area contributed by atoms with Crippen molar-refractivity contribution in [1.82, 2.24) is 4.98 Å². The third-order valence-corrected chi connectivity index (χ3v) is 6.02. The number of aromatic nitrogens is 1. The van der Waals surface area contributed by atoms with E-state index in [1.807, 2.05) is 36.4 Å². The van der Waals surface area contributed by atoms with Gasteiger partial charge in [-0.2, -0.15) is 0 Å². The lowest BCUT2D eigenvalue weighted by Gasteiger charge is -2.29. The van der Waals surface area contributed by atoms with Crippen LogP contribution in [0.5, 0.6) is 0 Å². The maximum absolute atomic E-state index is 12.2. The number of quaternary nitrogens is 1. The van der Waals surface area contributed by atoms with Gasteiger partial charge in [0.2, 0.25) is 0 Å². The Balaban J connectivity index is 1.79. The number of carbonyl (C=O) groups is 1. The van der Waals surface area contributed by atoms with Gasteiger partial charge in [0.05, 0.1) is 23.7 Å². The molecule has 1 N–H and O–H groups in total. The quantitative estimate of drug-likeness (QED) is 0.581. The van der Waals surface area contributed by atoms with E-state index < -0.39 is 5.97 Å². The third kappa shape index (κ3) is 3.06. The smallest absolute Gasteiger partial charge is 0.106 e. The fourth-order valence-corrected chi connectivity index (χ4v) is 4.52. The van der Waals surface area contributed by atoms with Gasteiger partial charge in [-0.3, -0.25) is 0 Å². The third-order valence-electron chi connectivity index (χ3n) is 6.02. The van der Waals surface area contributed by atoms with E-state index in [1.165, 1.54) is 15.7 Å². The molecule has 1 aliphatic heterocycles. The molecule has 2 heterocycles. The van der Waals surface area contributed by atoms with Crippen molar-refractivity contribution in [3.8, 4) is 0 Å². The van der Waals surface area contributed by atoms with Crippen molar-refractivity contribution in [2.24, 2.45) is 0 Å². The van der Waals surface area contributed by atoms with E-state index in [9.17, 15) is 9.90 Å². The second-order valence-electron chi connectivity index (χ2n) is 7.81. The second kappa shape index (κ2) is 7.39. The molecule has 1 aromatic heterocycles. The second-order valence-corrected chi connectivity index (χ2v) is 7.81. The minimum atomic E-state index is -1.13. The summed E-state index contributed by atoms with van der Waals surface area (Å²) in [6.45, 7) is 4.49. The lowest BCUT2D eigenvalue weighted by atomic mass is 9.91. The van der Waals surface area contributed by atoms with Crippen molar-refractivity contribution >= 4 is 39.3 Å². The molecule has 0 saturated heterocycles. The first-order valence-corrected chi connectivity index (χ1v) is 10.3. The van der Waals surface area contributed by atoms with Crippen LogP contribution < -0.4 is 10.0 Å². The van der Waals surface area contributed by atoms with Crippen LogP contribution in [0.2, 0.25) is 0 Å². The van der Waals surface area contributed by atoms with Crippen LogP contribution in [0.4, 0.5) is 0 Å². The number of hydrogen-bond donors (Lipinski definition) is 1. The number of nitrogens with zero attached hydrogens (tertiary/aromatic N) is 1. The number of pyridine rings is 1. The summed E-state index contributed by atoms with van der Waals surface area (Å²) in [6, 6.07) is 22.0. The number of aromatic carboxylic acids is 1. The van der Waals surface area contributed by atoms with Crippen molar-refractivity contribution in [3.05, 3.63) is 89.1 Å². The lowest BCUT2D eigenvalue weighted by Crippen LogP contribution is -3.11. The maximum atomic E-state index is 12.2. The predicted octanol–water partition coefficient (Wildman–Crippen LogP) is 2.71. The molecule has 0 fully saturated rings. The van der Waals surface area contributed by atoms with Crippen LogP contribution in [0, 0.1) is 0 Å². The molecule has 0 radical (unpaired) electrons. The summed E-state index contributed by atoms with van der Waals surface area (Å²) >= 11 is 0. The van der Waals surface area contributed by atoms with Crippen LogP contribution in [0.3, 0.4) is 0 Å². The Labute approximate surface area is 175 Å². The van der Waals surface area contributed by atoms with Gasteiger partial charge in [0.1, 0.15) is 13.1 Å². The van der Waals surface area contributed by atoms with Gasteiger partial charge in [-0.25, -0.2) is 4.98 Å².